The first-order chi connectivity index (χ1) is 10.6. The first kappa shape index (κ1) is 15.2. The molecule has 0 amide bonds. The van der Waals surface area contributed by atoms with E-state index in [9.17, 15) is 0 Å². The van der Waals surface area contributed by atoms with Crippen LogP contribution in [0.25, 0.3) is 0 Å². The largest absolute Gasteiger partial charge is 0.378 e. The molecule has 5 nitrogen and oxygen atoms in total. The first-order valence-electron chi connectivity index (χ1n) is 7.33. The van der Waals surface area contributed by atoms with Crippen LogP contribution >= 0.6 is 15.9 Å². The van der Waals surface area contributed by atoms with Crippen LogP contribution in [0.15, 0.2) is 28.7 Å². The van der Waals surface area contributed by atoms with Crippen LogP contribution in [0, 0.1) is 13.8 Å². The Balaban J connectivity index is 1.83. The van der Waals surface area contributed by atoms with E-state index in [1.165, 1.54) is 5.56 Å². The molecule has 0 saturated carbocycles. The summed E-state index contributed by atoms with van der Waals surface area (Å²) in [7, 11) is 0. The van der Waals surface area contributed by atoms with Crippen molar-refractivity contribution in [3.63, 3.8) is 0 Å². The second kappa shape index (κ2) is 6.62. The van der Waals surface area contributed by atoms with Gasteiger partial charge in [-0.1, -0.05) is 15.9 Å². The van der Waals surface area contributed by atoms with Crippen molar-refractivity contribution >= 4 is 33.4 Å². The Morgan fingerprint density at radius 3 is 2.64 bits per heavy atom. The number of aromatic nitrogens is 2. The van der Waals surface area contributed by atoms with Gasteiger partial charge in [0.2, 0.25) is 5.95 Å². The first-order valence-corrected chi connectivity index (χ1v) is 8.13. The lowest BCUT2D eigenvalue weighted by Crippen LogP contribution is -2.36. The molecule has 0 unspecified atom stereocenters. The number of hydrogen-bond acceptors (Lipinski definition) is 5. The number of hydrogen-bond donors (Lipinski definition) is 1. The SMILES string of the molecule is Cc1cc(N2CCOCC2)nc(Nc2ccc(Br)c(C)c2)n1. The maximum atomic E-state index is 5.40. The summed E-state index contributed by atoms with van der Waals surface area (Å²) in [6, 6.07) is 8.13. The van der Waals surface area contributed by atoms with Gasteiger partial charge in [0, 0.05) is 35.0 Å². The van der Waals surface area contributed by atoms with Crippen molar-refractivity contribution in [2.24, 2.45) is 0 Å². The van der Waals surface area contributed by atoms with Gasteiger partial charge in [-0.25, -0.2) is 4.98 Å². The normalized spacial score (nSPS) is 15.0. The van der Waals surface area contributed by atoms with E-state index in [1.54, 1.807) is 0 Å². The van der Waals surface area contributed by atoms with Gasteiger partial charge in [-0.3, -0.25) is 0 Å². The number of benzene rings is 1. The number of ether oxygens (including phenoxy) is 1. The molecule has 0 atom stereocenters. The van der Waals surface area contributed by atoms with E-state index < -0.39 is 0 Å². The van der Waals surface area contributed by atoms with Crippen molar-refractivity contribution in [3.8, 4) is 0 Å². The Morgan fingerprint density at radius 2 is 1.91 bits per heavy atom. The standard InChI is InChI=1S/C16H19BrN4O/c1-11-9-13(3-4-14(11)17)19-16-18-12(2)10-15(20-16)21-5-7-22-8-6-21/h3-4,9-10H,5-8H2,1-2H3,(H,18,19,20). The van der Waals surface area contributed by atoms with Gasteiger partial charge >= 0.3 is 0 Å². The topological polar surface area (TPSA) is 50.3 Å². The molecule has 1 N–H and O–H groups in total. The zero-order chi connectivity index (χ0) is 15.5. The zero-order valence-corrected chi connectivity index (χ0v) is 14.4. The van der Waals surface area contributed by atoms with Gasteiger partial charge in [0.25, 0.3) is 0 Å². The van der Waals surface area contributed by atoms with E-state index in [1.807, 2.05) is 25.1 Å². The Morgan fingerprint density at radius 1 is 1.14 bits per heavy atom. The molecule has 116 valence electrons. The molecule has 2 aromatic rings. The van der Waals surface area contributed by atoms with Crippen molar-refractivity contribution in [1.29, 1.82) is 0 Å². The summed E-state index contributed by atoms with van der Waals surface area (Å²) < 4.78 is 6.49. The van der Waals surface area contributed by atoms with Crippen LogP contribution < -0.4 is 10.2 Å². The lowest BCUT2D eigenvalue weighted by Gasteiger charge is -2.28. The van der Waals surface area contributed by atoms with E-state index in [0.717, 1.165) is 48.0 Å². The lowest BCUT2D eigenvalue weighted by molar-refractivity contribution is 0.122. The van der Waals surface area contributed by atoms with Crippen LogP contribution in [-0.4, -0.2) is 36.3 Å². The van der Waals surface area contributed by atoms with Crippen molar-refractivity contribution in [2.75, 3.05) is 36.5 Å². The highest BCUT2D eigenvalue weighted by atomic mass is 79.9. The van der Waals surface area contributed by atoms with Crippen LogP contribution in [0.3, 0.4) is 0 Å². The molecule has 1 aliphatic heterocycles. The van der Waals surface area contributed by atoms with Gasteiger partial charge in [-0.05, 0) is 37.6 Å². The highest BCUT2D eigenvalue weighted by molar-refractivity contribution is 9.10. The smallest absolute Gasteiger partial charge is 0.229 e. The van der Waals surface area contributed by atoms with E-state index >= 15 is 0 Å². The van der Waals surface area contributed by atoms with Crippen LogP contribution in [-0.2, 0) is 4.74 Å². The monoisotopic (exact) mass is 362 g/mol. The maximum Gasteiger partial charge on any atom is 0.229 e. The van der Waals surface area contributed by atoms with Crippen LogP contribution in [0.4, 0.5) is 17.5 Å². The molecule has 22 heavy (non-hydrogen) atoms. The second-order valence-corrected chi connectivity index (χ2v) is 6.23. The van der Waals surface area contributed by atoms with Crippen molar-refractivity contribution in [3.05, 3.63) is 40.0 Å². The minimum absolute atomic E-state index is 0.628. The minimum atomic E-state index is 0.628. The number of anilines is 3. The van der Waals surface area contributed by atoms with Gasteiger partial charge in [0.05, 0.1) is 13.2 Å². The molecule has 1 saturated heterocycles. The fraction of sp³-hybridized carbons (Fsp3) is 0.375. The summed E-state index contributed by atoms with van der Waals surface area (Å²) in [5.41, 5.74) is 3.11. The maximum absolute atomic E-state index is 5.40. The molecular weight excluding hydrogens is 344 g/mol. The van der Waals surface area contributed by atoms with Gasteiger partial charge in [-0.2, -0.15) is 4.98 Å². The number of morpholine rings is 1. The van der Waals surface area contributed by atoms with Crippen molar-refractivity contribution < 1.29 is 4.74 Å². The number of rotatable bonds is 3. The van der Waals surface area contributed by atoms with E-state index in [2.05, 4.69) is 49.1 Å². The molecule has 6 heteroatoms. The van der Waals surface area contributed by atoms with E-state index in [0.29, 0.717) is 5.95 Å². The Labute approximate surface area is 138 Å². The lowest BCUT2D eigenvalue weighted by atomic mass is 10.2. The van der Waals surface area contributed by atoms with Gasteiger partial charge in [0.15, 0.2) is 0 Å². The van der Waals surface area contributed by atoms with E-state index in [4.69, 9.17) is 4.74 Å². The Bertz CT molecular complexity index is 671. The summed E-state index contributed by atoms with van der Waals surface area (Å²) in [6.07, 6.45) is 0. The molecule has 1 aromatic carbocycles. The van der Waals surface area contributed by atoms with Crippen molar-refractivity contribution in [1.82, 2.24) is 9.97 Å². The number of nitrogens with zero attached hydrogens (tertiary/aromatic N) is 3. The fourth-order valence-electron chi connectivity index (χ4n) is 2.41. The van der Waals surface area contributed by atoms with Gasteiger partial charge < -0.3 is 15.0 Å². The molecule has 0 bridgehead atoms. The predicted octanol–water partition coefficient (Wildman–Crippen LogP) is 3.44. The molecule has 0 aliphatic carbocycles. The third kappa shape index (κ3) is 3.56. The number of halogens is 1. The van der Waals surface area contributed by atoms with Gasteiger partial charge in [0.1, 0.15) is 5.82 Å². The molecule has 0 spiro atoms. The molecule has 2 heterocycles. The number of nitrogens with one attached hydrogen (secondary N) is 1. The molecule has 1 aliphatic rings. The minimum Gasteiger partial charge on any atom is -0.378 e. The van der Waals surface area contributed by atoms with E-state index in [-0.39, 0.29) is 0 Å². The summed E-state index contributed by atoms with van der Waals surface area (Å²) in [5, 5.41) is 3.29. The zero-order valence-electron chi connectivity index (χ0n) is 12.8. The molecule has 0 radical (unpaired) electrons. The summed E-state index contributed by atoms with van der Waals surface area (Å²) in [6.45, 7) is 7.28. The Hall–Kier alpha value is -1.66. The fourth-order valence-corrected chi connectivity index (χ4v) is 2.66. The second-order valence-electron chi connectivity index (χ2n) is 5.38. The Kier molecular flexibility index (Phi) is 4.59. The highest BCUT2D eigenvalue weighted by Crippen LogP contribution is 2.23. The third-order valence-electron chi connectivity index (χ3n) is 3.59. The molecule has 1 aromatic heterocycles. The molecule has 1 fully saturated rings. The number of aryl methyl sites for hydroxylation is 2. The van der Waals surface area contributed by atoms with Crippen LogP contribution in [0.5, 0.6) is 0 Å². The van der Waals surface area contributed by atoms with Gasteiger partial charge in [-0.15, -0.1) is 0 Å². The average molecular weight is 363 g/mol. The van der Waals surface area contributed by atoms with Crippen LogP contribution in [0.2, 0.25) is 0 Å². The predicted molar refractivity (Wildman–Crippen MR) is 92.0 cm³/mol. The summed E-state index contributed by atoms with van der Waals surface area (Å²) >= 11 is 3.51. The molecule has 3 rings (SSSR count). The molecular formula is C16H19BrN4O. The summed E-state index contributed by atoms with van der Waals surface area (Å²) in [4.78, 5) is 11.4. The third-order valence-corrected chi connectivity index (χ3v) is 4.48. The average Bonchev–Trinajstić information content (AvgIpc) is 2.51. The quantitative estimate of drug-likeness (QED) is 0.906. The van der Waals surface area contributed by atoms with Crippen LogP contribution in [0.1, 0.15) is 11.3 Å². The summed E-state index contributed by atoms with van der Waals surface area (Å²) in [5.74, 6) is 1.58. The highest BCUT2D eigenvalue weighted by Gasteiger charge is 2.14. The van der Waals surface area contributed by atoms with Crippen molar-refractivity contribution in [2.45, 2.75) is 13.8 Å².